The molecule has 0 saturated carbocycles. The molecule has 0 fully saturated rings. The lowest BCUT2D eigenvalue weighted by atomic mass is 10.2. The van der Waals surface area contributed by atoms with Gasteiger partial charge in [0.05, 0.1) is 6.61 Å². The molecular formula is C8H17IN2O2. The molecule has 0 unspecified atom stereocenters. The van der Waals surface area contributed by atoms with Gasteiger partial charge in [0.2, 0.25) is 0 Å². The van der Waals surface area contributed by atoms with Crippen molar-refractivity contribution in [1.29, 1.82) is 0 Å². The van der Waals surface area contributed by atoms with Gasteiger partial charge < -0.3 is 15.8 Å². The zero-order chi connectivity index (χ0) is 9.94. The van der Waals surface area contributed by atoms with Crippen LogP contribution >= 0.6 is 22.6 Å². The standard InChI is InChI=1S/C8H17IN2O2/c9-8(12)11-5-2-1-3-6-13-7-4-10/h1-7,10H2,(H,11,12). The Morgan fingerprint density at radius 3 is 2.69 bits per heavy atom. The minimum absolute atomic E-state index is 0.0111. The Labute approximate surface area is 92.7 Å². The van der Waals surface area contributed by atoms with Gasteiger partial charge in [-0.25, -0.2) is 0 Å². The van der Waals surface area contributed by atoms with Gasteiger partial charge in [0.25, 0.3) is 3.91 Å². The zero-order valence-corrected chi connectivity index (χ0v) is 9.88. The highest BCUT2D eigenvalue weighted by molar-refractivity contribution is 14.1. The third-order valence-corrected chi connectivity index (χ3v) is 1.87. The third kappa shape index (κ3) is 12.1. The molecule has 0 spiro atoms. The molecule has 0 heterocycles. The first-order chi connectivity index (χ1) is 6.27. The van der Waals surface area contributed by atoms with Gasteiger partial charge in [0, 0.05) is 42.3 Å². The Morgan fingerprint density at radius 1 is 1.31 bits per heavy atom. The average molecular weight is 300 g/mol. The van der Waals surface area contributed by atoms with E-state index >= 15 is 0 Å². The maximum atomic E-state index is 10.5. The molecular weight excluding hydrogens is 283 g/mol. The molecule has 0 saturated heterocycles. The van der Waals surface area contributed by atoms with Crippen LogP contribution in [0.2, 0.25) is 0 Å². The summed E-state index contributed by atoms with van der Waals surface area (Å²) in [5.74, 6) is 0. The molecule has 0 aromatic rings. The molecule has 4 nitrogen and oxygen atoms in total. The Kier molecular flexibility index (Phi) is 10.3. The van der Waals surface area contributed by atoms with Gasteiger partial charge >= 0.3 is 0 Å². The summed E-state index contributed by atoms with van der Waals surface area (Å²) in [6.45, 7) is 2.77. The number of amides is 1. The maximum Gasteiger partial charge on any atom is 0.280 e. The van der Waals surface area contributed by atoms with Crippen LogP contribution in [0.5, 0.6) is 0 Å². The second-order valence-corrected chi connectivity index (χ2v) is 3.64. The second kappa shape index (κ2) is 10.2. The molecule has 0 aliphatic heterocycles. The minimum Gasteiger partial charge on any atom is -0.380 e. The molecule has 0 aliphatic rings. The summed E-state index contributed by atoms with van der Waals surface area (Å²) >= 11 is 1.73. The molecule has 0 aromatic carbocycles. The first-order valence-corrected chi connectivity index (χ1v) is 5.56. The number of nitrogens with one attached hydrogen (secondary N) is 1. The molecule has 78 valence electrons. The summed E-state index contributed by atoms with van der Waals surface area (Å²) in [6, 6.07) is 0. The van der Waals surface area contributed by atoms with E-state index < -0.39 is 0 Å². The average Bonchev–Trinajstić information content (AvgIpc) is 2.09. The molecule has 0 atom stereocenters. The maximum absolute atomic E-state index is 10.5. The van der Waals surface area contributed by atoms with Crippen molar-refractivity contribution < 1.29 is 9.53 Å². The predicted molar refractivity (Wildman–Crippen MR) is 61.1 cm³/mol. The largest absolute Gasteiger partial charge is 0.380 e. The monoisotopic (exact) mass is 300 g/mol. The van der Waals surface area contributed by atoms with Crippen molar-refractivity contribution in [2.24, 2.45) is 5.73 Å². The van der Waals surface area contributed by atoms with Crippen molar-refractivity contribution in [3.05, 3.63) is 0 Å². The van der Waals surface area contributed by atoms with Gasteiger partial charge in [0.1, 0.15) is 0 Å². The quantitative estimate of drug-likeness (QED) is 0.307. The van der Waals surface area contributed by atoms with Crippen molar-refractivity contribution in [3.8, 4) is 0 Å². The van der Waals surface area contributed by atoms with Crippen LogP contribution in [0.1, 0.15) is 19.3 Å². The number of carbonyl (C=O) groups is 1. The summed E-state index contributed by atoms with van der Waals surface area (Å²) in [7, 11) is 0. The van der Waals surface area contributed by atoms with E-state index in [1.165, 1.54) is 0 Å². The SMILES string of the molecule is NCCOCCCCCNC(=O)I. The van der Waals surface area contributed by atoms with E-state index in [0.717, 1.165) is 32.4 Å². The highest BCUT2D eigenvalue weighted by Gasteiger charge is 1.92. The Hall–Kier alpha value is 0.120. The van der Waals surface area contributed by atoms with Gasteiger partial charge in [-0.2, -0.15) is 0 Å². The van der Waals surface area contributed by atoms with E-state index in [9.17, 15) is 4.79 Å². The molecule has 0 aromatic heterocycles. The van der Waals surface area contributed by atoms with Gasteiger partial charge in [-0.05, 0) is 19.3 Å². The second-order valence-electron chi connectivity index (χ2n) is 2.66. The molecule has 3 N–H and O–H groups in total. The third-order valence-electron chi connectivity index (χ3n) is 1.49. The number of unbranched alkanes of at least 4 members (excludes halogenated alkanes) is 2. The predicted octanol–water partition coefficient (Wildman–Crippen LogP) is 1.28. The molecule has 1 amide bonds. The normalized spacial score (nSPS) is 10.0. The smallest absolute Gasteiger partial charge is 0.280 e. The summed E-state index contributed by atoms with van der Waals surface area (Å²) < 4.78 is 5.21. The number of halogens is 1. The lowest BCUT2D eigenvalue weighted by molar-refractivity contribution is 0.137. The summed E-state index contributed by atoms with van der Waals surface area (Å²) in [5.41, 5.74) is 5.25. The van der Waals surface area contributed by atoms with Gasteiger partial charge in [-0.3, -0.25) is 4.79 Å². The van der Waals surface area contributed by atoms with E-state index in [2.05, 4.69) is 5.32 Å². The van der Waals surface area contributed by atoms with E-state index in [-0.39, 0.29) is 3.91 Å². The number of hydrogen-bond donors (Lipinski definition) is 2. The van der Waals surface area contributed by atoms with Crippen LogP contribution in [0.25, 0.3) is 0 Å². The Morgan fingerprint density at radius 2 is 2.08 bits per heavy atom. The van der Waals surface area contributed by atoms with Gasteiger partial charge in [-0.1, -0.05) is 0 Å². The number of nitrogens with two attached hydrogens (primary N) is 1. The number of hydrogen-bond acceptors (Lipinski definition) is 3. The van der Waals surface area contributed by atoms with Crippen molar-refractivity contribution in [3.63, 3.8) is 0 Å². The van der Waals surface area contributed by atoms with Gasteiger partial charge in [-0.15, -0.1) is 0 Å². The number of rotatable bonds is 8. The lowest BCUT2D eigenvalue weighted by Gasteiger charge is -2.02. The number of carbonyl (C=O) groups excluding carboxylic acids is 1. The Balaban J connectivity index is 2.87. The fourth-order valence-electron chi connectivity index (χ4n) is 0.878. The first kappa shape index (κ1) is 13.1. The molecule has 13 heavy (non-hydrogen) atoms. The van der Waals surface area contributed by atoms with Crippen LogP contribution in [-0.2, 0) is 4.74 Å². The van der Waals surface area contributed by atoms with E-state index in [4.69, 9.17) is 10.5 Å². The number of ether oxygens (including phenoxy) is 1. The topological polar surface area (TPSA) is 64.3 Å². The zero-order valence-electron chi connectivity index (χ0n) is 7.72. The fourth-order valence-corrected chi connectivity index (χ4v) is 1.15. The summed E-state index contributed by atoms with van der Waals surface area (Å²) in [4.78, 5) is 10.5. The molecule has 0 aliphatic carbocycles. The van der Waals surface area contributed by atoms with Crippen LogP contribution < -0.4 is 11.1 Å². The fraction of sp³-hybridized carbons (Fsp3) is 0.875. The van der Waals surface area contributed by atoms with Gasteiger partial charge in [0.15, 0.2) is 0 Å². The van der Waals surface area contributed by atoms with Crippen molar-refractivity contribution >= 4 is 26.5 Å². The van der Waals surface area contributed by atoms with Crippen molar-refractivity contribution in [2.75, 3.05) is 26.3 Å². The minimum atomic E-state index is 0.0111. The van der Waals surface area contributed by atoms with Crippen LogP contribution in [0.3, 0.4) is 0 Å². The van der Waals surface area contributed by atoms with Crippen LogP contribution in [0.15, 0.2) is 0 Å². The van der Waals surface area contributed by atoms with E-state index in [0.29, 0.717) is 13.2 Å². The first-order valence-electron chi connectivity index (χ1n) is 4.48. The Bertz CT molecular complexity index is 133. The highest BCUT2D eigenvalue weighted by atomic mass is 127. The summed E-state index contributed by atoms with van der Waals surface area (Å²) in [6.07, 6.45) is 3.14. The molecule has 0 radical (unpaired) electrons. The molecule has 5 heteroatoms. The van der Waals surface area contributed by atoms with Crippen LogP contribution in [0.4, 0.5) is 4.79 Å². The highest BCUT2D eigenvalue weighted by Crippen LogP contribution is 1.95. The summed E-state index contributed by atoms with van der Waals surface area (Å²) in [5, 5.41) is 2.73. The van der Waals surface area contributed by atoms with Crippen molar-refractivity contribution in [2.45, 2.75) is 19.3 Å². The van der Waals surface area contributed by atoms with E-state index in [1.54, 1.807) is 22.6 Å². The lowest BCUT2D eigenvalue weighted by Crippen LogP contribution is -2.17. The van der Waals surface area contributed by atoms with E-state index in [1.807, 2.05) is 0 Å². The molecule has 0 bridgehead atoms. The molecule has 0 rings (SSSR count). The van der Waals surface area contributed by atoms with Crippen molar-refractivity contribution in [1.82, 2.24) is 5.32 Å². The van der Waals surface area contributed by atoms with Crippen LogP contribution in [-0.4, -0.2) is 30.2 Å². The van der Waals surface area contributed by atoms with Crippen LogP contribution in [0, 0.1) is 0 Å².